The molecule has 20 heavy (non-hydrogen) atoms. The molecule has 4 rings (SSSR count). The van der Waals surface area contributed by atoms with Crippen molar-refractivity contribution in [2.75, 3.05) is 19.6 Å². The van der Waals surface area contributed by atoms with Gasteiger partial charge in [-0.25, -0.2) is 0 Å². The summed E-state index contributed by atoms with van der Waals surface area (Å²) in [6.45, 7) is 3.94. The maximum absolute atomic E-state index is 3.94. The van der Waals surface area contributed by atoms with Crippen molar-refractivity contribution in [3.8, 4) is 0 Å². The van der Waals surface area contributed by atoms with Crippen LogP contribution in [0.1, 0.15) is 64.2 Å². The third kappa shape index (κ3) is 3.06. The maximum Gasteiger partial charge on any atom is 0.0124 e. The zero-order valence-corrected chi connectivity index (χ0v) is 13.0. The molecule has 0 aromatic heterocycles. The molecule has 114 valence electrons. The Morgan fingerprint density at radius 3 is 2.20 bits per heavy atom. The summed E-state index contributed by atoms with van der Waals surface area (Å²) in [6, 6.07) is 1.84. The first kappa shape index (κ1) is 13.6. The van der Waals surface area contributed by atoms with Gasteiger partial charge in [-0.1, -0.05) is 12.8 Å². The standard InChI is InChI=1S/C18H32N2/c1-2-5-14(4-1)17-6-3-12-20(17)13-11-19-18(15-7-8-15)16-9-10-16/h14-19H,1-13H2. The van der Waals surface area contributed by atoms with Crippen LogP contribution in [0.5, 0.6) is 0 Å². The second kappa shape index (κ2) is 5.96. The van der Waals surface area contributed by atoms with Gasteiger partial charge in [-0.3, -0.25) is 4.90 Å². The van der Waals surface area contributed by atoms with Gasteiger partial charge in [0.15, 0.2) is 0 Å². The molecule has 4 fully saturated rings. The fourth-order valence-corrected chi connectivity index (χ4v) is 5.01. The molecule has 0 radical (unpaired) electrons. The number of likely N-dealkylation sites (tertiary alicyclic amines) is 1. The van der Waals surface area contributed by atoms with Crippen LogP contribution >= 0.6 is 0 Å². The summed E-state index contributed by atoms with van der Waals surface area (Å²) in [5, 5.41) is 3.94. The molecule has 1 saturated heterocycles. The molecule has 0 spiro atoms. The van der Waals surface area contributed by atoms with Crippen molar-refractivity contribution in [3.05, 3.63) is 0 Å². The molecule has 1 aliphatic heterocycles. The zero-order chi connectivity index (χ0) is 13.4. The van der Waals surface area contributed by atoms with Crippen LogP contribution in [0.3, 0.4) is 0 Å². The van der Waals surface area contributed by atoms with Crippen molar-refractivity contribution < 1.29 is 0 Å². The van der Waals surface area contributed by atoms with E-state index in [4.69, 9.17) is 0 Å². The SMILES string of the molecule is C1CCC(C2CCCN2CCNC(C2CC2)C2CC2)C1. The Labute approximate surface area is 124 Å². The number of hydrogen-bond acceptors (Lipinski definition) is 2. The van der Waals surface area contributed by atoms with Gasteiger partial charge in [0.2, 0.25) is 0 Å². The Morgan fingerprint density at radius 1 is 0.850 bits per heavy atom. The van der Waals surface area contributed by atoms with E-state index in [1.807, 2.05) is 0 Å². The Morgan fingerprint density at radius 2 is 1.55 bits per heavy atom. The van der Waals surface area contributed by atoms with Crippen molar-refractivity contribution in [3.63, 3.8) is 0 Å². The molecule has 2 nitrogen and oxygen atoms in total. The molecule has 3 aliphatic carbocycles. The van der Waals surface area contributed by atoms with Gasteiger partial charge in [0.25, 0.3) is 0 Å². The largest absolute Gasteiger partial charge is 0.312 e. The highest BCUT2D eigenvalue weighted by molar-refractivity contribution is 4.96. The smallest absolute Gasteiger partial charge is 0.0124 e. The summed E-state index contributed by atoms with van der Waals surface area (Å²) in [6.07, 6.45) is 15.0. The van der Waals surface area contributed by atoms with Gasteiger partial charge < -0.3 is 5.32 Å². The monoisotopic (exact) mass is 276 g/mol. The van der Waals surface area contributed by atoms with E-state index in [1.165, 1.54) is 83.8 Å². The summed E-state index contributed by atoms with van der Waals surface area (Å²) in [7, 11) is 0. The Bertz CT molecular complexity index is 303. The molecule has 1 atom stereocenters. The van der Waals surface area contributed by atoms with Gasteiger partial charge in [-0.15, -0.1) is 0 Å². The highest BCUT2D eigenvalue weighted by Crippen LogP contribution is 2.44. The van der Waals surface area contributed by atoms with Gasteiger partial charge in [-0.05, 0) is 75.7 Å². The average molecular weight is 276 g/mol. The van der Waals surface area contributed by atoms with Crippen LogP contribution in [0.15, 0.2) is 0 Å². The molecule has 2 heteroatoms. The highest BCUT2D eigenvalue weighted by Gasteiger charge is 2.41. The Hall–Kier alpha value is -0.0800. The first-order valence-electron chi connectivity index (χ1n) is 9.39. The number of nitrogens with zero attached hydrogens (tertiary/aromatic N) is 1. The quantitative estimate of drug-likeness (QED) is 0.766. The summed E-state index contributed by atoms with van der Waals surface area (Å²) in [5.41, 5.74) is 0. The predicted octanol–water partition coefficient (Wildman–Crippen LogP) is 3.42. The fraction of sp³-hybridized carbons (Fsp3) is 1.00. The summed E-state index contributed by atoms with van der Waals surface area (Å²) < 4.78 is 0. The Kier molecular flexibility index (Phi) is 4.05. The fourth-order valence-electron chi connectivity index (χ4n) is 5.01. The molecular formula is C18H32N2. The maximum atomic E-state index is 3.94. The summed E-state index contributed by atoms with van der Waals surface area (Å²) in [4.78, 5) is 2.83. The second-order valence-corrected chi connectivity index (χ2v) is 7.94. The van der Waals surface area contributed by atoms with E-state index in [9.17, 15) is 0 Å². The van der Waals surface area contributed by atoms with Crippen LogP contribution < -0.4 is 5.32 Å². The lowest BCUT2D eigenvalue weighted by atomic mass is 9.96. The van der Waals surface area contributed by atoms with E-state index in [2.05, 4.69) is 10.2 Å². The van der Waals surface area contributed by atoms with Crippen LogP contribution in [-0.4, -0.2) is 36.6 Å². The van der Waals surface area contributed by atoms with E-state index >= 15 is 0 Å². The van der Waals surface area contributed by atoms with Gasteiger partial charge in [0, 0.05) is 25.2 Å². The topological polar surface area (TPSA) is 15.3 Å². The van der Waals surface area contributed by atoms with Gasteiger partial charge in [0.05, 0.1) is 0 Å². The molecule has 4 aliphatic rings. The van der Waals surface area contributed by atoms with Crippen molar-refractivity contribution in [2.45, 2.75) is 76.3 Å². The van der Waals surface area contributed by atoms with Crippen LogP contribution in [0.4, 0.5) is 0 Å². The molecule has 0 bridgehead atoms. The lowest BCUT2D eigenvalue weighted by Gasteiger charge is -2.30. The normalized spacial score (nSPS) is 32.5. The first-order chi connectivity index (χ1) is 9.92. The van der Waals surface area contributed by atoms with E-state index in [-0.39, 0.29) is 0 Å². The first-order valence-corrected chi connectivity index (χ1v) is 9.39. The number of rotatable bonds is 7. The molecule has 1 unspecified atom stereocenters. The van der Waals surface area contributed by atoms with E-state index in [0.29, 0.717) is 0 Å². The molecule has 3 saturated carbocycles. The van der Waals surface area contributed by atoms with E-state index in [0.717, 1.165) is 29.8 Å². The van der Waals surface area contributed by atoms with Crippen molar-refractivity contribution in [2.24, 2.45) is 17.8 Å². The van der Waals surface area contributed by atoms with Crippen LogP contribution in [0, 0.1) is 17.8 Å². The van der Waals surface area contributed by atoms with Gasteiger partial charge >= 0.3 is 0 Å². The van der Waals surface area contributed by atoms with E-state index in [1.54, 1.807) is 0 Å². The third-order valence-corrected chi connectivity index (χ3v) is 6.40. The van der Waals surface area contributed by atoms with Gasteiger partial charge in [-0.2, -0.15) is 0 Å². The average Bonchev–Trinajstić information content (AvgIpc) is 3.37. The van der Waals surface area contributed by atoms with Crippen LogP contribution in [0.2, 0.25) is 0 Å². The second-order valence-electron chi connectivity index (χ2n) is 7.94. The molecular weight excluding hydrogens is 244 g/mol. The van der Waals surface area contributed by atoms with Gasteiger partial charge in [0.1, 0.15) is 0 Å². The minimum Gasteiger partial charge on any atom is -0.312 e. The molecule has 0 amide bonds. The zero-order valence-electron chi connectivity index (χ0n) is 13.0. The molecule has 1 heterocycles. The predicted molar refractivity (Wildman–Crippen MR) is 83.8 cm³/mol. The minimum atomic E-state index is 0.891. The number of hydrogen-bond donors (Lipinski definition) is 1. The highest BCUT2D eigenvalue weighted by atomic mass is 15.2. The molecule has 0 aromatic rings. The van der Waals surface area contributed by atoms with Crippen LogP contribution in [0.25, 0.3) is 0 Å². The molecule has 0 aromatic carbocycles. The van der Waals surface area contributed by atoms with Crippen molar-refractivity contribution in [1.29, 1.82) is 0 Å². The molecule has 1 N–H and O–H groups in total. The van der Waals surface area contributed by atoms with E-state index < -0.39 is 0 Å². The van der Waals surface area contributed by atoms with Crippen molar-refractivity contribution in [1.82, 2.24) is 10.2 Å². The Balaban J connectivity index is 1.23. The third-order valence-electron chi connectivity index (χ3n) is 6.40. The lowest BCUT2D eigenvalue weighted by Crippen LogP contribution is -2.42. The lowest BCUT2D eigenvalue weighted by molar-refractivity contribution is 0.187. The van der Waals surface area contributed by atoms with Crippen molar-refractivity contribution >= 4 is 0 Å². The number of nitrogens with one attached hydrogen (secondary N) is 1. The minimum absolute atomic E-state index is 0.891. The van der Waals surface area contributed by atoms with Crippen LogP contribution in [-0.2, 0) is 0 Å². The summed E-state index contributed by atoms with van der Waals surface area (Å²) >= 11 is 0. The summed E-state index contributed by atoms with van der Waals surface area (Å²) in [5.74, 6) is 3.14.